The molecule has 0 N–H and O–H groups in total. The van der Waals surface area contributed by atoms with Crippen LogP contribution in [-0.4, -0.2) is 38.3 Å². The summed E-state index contributed by atoms with van der Waals surface area (Å²) in [5, 5.41) is 14.4. The van der Waals surface area contributed by atoms with Crippen molar-refractivity contribution >= 4 is 22.5 Å². The maximum atomic E-state index is 6.42. The lowest BCUT2D eigenvalue weighted by atomic mass is 10.1. The predicted molar refractivity (Wildman–Crippen MR) is 110 cm³/mol. The number of aromatic nitrogens is 5. The van der Waals surface area contributed by atoms with Gasteiger partial charge < -0.3 is 9.47 Å². The summed E-state index contributed by atoms with van der Waals surface area (Å²) in [6.45, 7) is 0.779. The molecule has 5 rings (SSSR count). The number of hydrogen-bond acceptors (Lipinski definition) is 5. The molecule has 1 unspecified atom stereocenters. The van der Waals surface area contributed by atoms with Crippen LogP contribution in [0.25, 0.3) is 27.8 Å². The molecule has 1 saturated heterocycles. The SMILES string of the molecule is COc1cc2c(-c3cnn(C4CCCCO4)c3)cn(-c3cccnn3)c2cc1Cl. The highest BCUT2D eigenvalue weighted by Crippen LogP contribution is 2.38. The van der Waals surface area contributed by atoms with Crippen LogP contribution in [0, 0.1) is 0 Å². The fourth-order valence-corrected chi connectivity index (χ4v) is 4.03. The fraction of sp³-hybridized carbons (Fsp3) is 0.286. The quantitative estimate of drug-likeness (QED) is 0.491. The molecule has 1 aliphatic heterocycles. The molecular weight excluding hydrogens is 390 g/mol. The predicted octanol–water partition coefficient (Wildman–Crippen LogP) is 4.65. The van der Waals surface area contributed by atoms with E-state index in [4.69, 9.17) is 21.1 Å². The summed E-state index contributed by atoms with van der Waals surface area (Å²) in [6.07, 6.45) is 10.8. The third-order valence-corrected chi connectivity index (χ3v) is 5.54. The van der Waals surface area contributed by atoms with Crippen molar-refractivity contribution in [2.24, 2.45) is 0 Å². The van der Waals surface area contributed by atoms with Crippen LogP contribution in [0.15, 0.2) is 49.1 Å². The monoisotopic (exact) mass is 409 g/mol. The van der Waals surface area contributed by atoms with E-state index < -0.39 is 0 Å². The second kappa shape index (κ2) is 7.50. The topological polar surface area (TPSA) is 67.0 Å². The maximum Gasteiger partial charge on any atom is 0.159 e. The summed E-state index contributed by atoms with van der Waals surface area (Å²) in [4.78, 5) is 0. The van der Waals surface area contributed by atoms with Gasteiger partial charge in [-0.1, -0.05) is 11.6 Å². The molecule has 1 fully saturated rings. The van der Waals surface area contributed by atoms with Gasteiger partial charge in [0.1, 0.15) is 12.0 Å². The van der Waals surface area contributed by atoms with Gasteiger partial charge in [-0.25, -0.2) is 4.68 Å². The van der Waals surface area contributed by atoms with Crippen LogP contribution < -0.4 is 4.74 Å². The minimum absolute atomic E-state index is 0.00480. The maximum absolute atomic E-state index is 6.42. The van der Waals surface area contributed by atoms with Gasteiger partial charge in [-0.3, -0.25) is 4.57 Å². The van der Waals surface area contributed by atoms with E-state index in [2.05, 4.69) is 15.3 Å². The summed E-state index contributed by atoms with van der Waals surface area (Å²) in [7, 11) is 1.62. The van der Waals surface area contributed by atoms with Gasteiger partial charge in [-0.05, 0) is 43.5 Å². The van der Waals surface area contributed by atoms with Gasteiger partial charge in [0.2, 0.25) is 0 Å². The van der Waals surface area contributed by atoms with E-state index in [9.17, 15) is 0 Å². The lowest BCUT2D eigenvalue weighted by Crippen LogP contribution is -2.18. The Balaban J connectivity index is 1.66. The molecule has 7 nitrogen and oxygen atoms in total. The number of methoxy groups -OCH3 is 1. The fourth-order valence-electron chi connectivity index (χ4n) is 3.79. The Morgan fingerprint density at radius 1 is 1.24 bits per heavy atom. The van der Waals surface area contributed by atoms with Gasteiger partial charge in [0.05, 0.1) is 23.8 Å². The number of benzene rings is 1. The van der Waals surface area contributed by atoms with Crippen LogP contribution >= 0.6 is 11.6 Å². The smallest absolute Gasteiger partial charge is 0.159 e. The van der Waals surface area contributed by atoms with Gasteiger partial charge >= 0.3 is 0 Å². The van der Waals surface area contributed by atoms with Gasteiger partial charge in [0.25, 0.3) is 0 Å². The van der Waals surface area contributed by atoms with Crippen molar-refractivity contribution in [1.29, 1.82) is 0 Å². The van der Waals surface area contributed by atoms with Crippen LogP contribution in [-0.2, 0) is 4.74 Å². The molecule has 0 aliphatic carbocycles. The van der Waals surface area contributed by atoms with E-state index in [0.717, 1.165) is 47.9 Å². The van der Waals surface area contributed by atoms with Crippen LogP contribution in [0.5, 0.6) is 5.75 Å². The van der Waals surface area contributed by atoms with Crippen molar-refractivity contribution in [3.05, 3.63) is 54.1 Å². The first-order valence-electron chi connectivity index (χ1n) is 9.57. The zero-order valence-electron chi connectivity index (χ0n) is 16.0. The van der Waals surface area contributed by atoms with Crippen molar-refractivity contribution in [3.63, 3.8) is 0 Å². The molecule has 0 amide bonds. The third-order valence-electron chi connectivity index (χ3n) is 5.25. The highest BCUT2D eigenvalue weighted by molar-refractivity contribution is 6.33. The number of halogens is 1. The van der Waals surface area contributed by atoms with E-state index in [1.807, 2.05) is 52.1 Å². The van der Waals surface area contributed by atoms with Crippen molar-refractivity contribution in [1.82, 2.24) is 24.5 Å². The molecule has 0 spiro atoms. The second-order valence-electron chi connectivity index (χ2n) is 7.03. The summed E-state index contributed by atoms with van der Waals surface area (Å²) >= 11 is 6.42. The Labute approximate surface area is 172 Å². The third kappa shape index (κ3) is 3.26. The largest absolute Gasteiger partial charge is 0.495 e. The van der Waals surface area contributed by atoms with Crippen molar-refractivity contribution in [2.45, 2.75) is 25.5 Å². The number of ether oxygens (including phenoxy) is 2. The minimum atomic E-state index is -0.00480. The van der Waals surface area contributed by atoms with E-state index in [-0.39, 0.29) is 6.23 Å². The van der Waals surface area contributed by atoms with Crippen molar-refractivity contribution in [2.75, 3.05) is 13.7 Å². The Bertz CT molecular complexity index is 1150. The lowest BCUT2D eigenvalue weighted by molar-refractivity contribution is -0.0394. The number of hydrogen-bond donors (Lipinski definition) is 0. The zero-order chi connectivity index (χ0) is 19.8. The Kier molecular flexibility index (Phi) is 4.69. The van der Waals surface area contributed by atoms with E-state index in [0.29, 0.717) is 16.6 Å². The molecule has 29 heavy (non-hydrogen) atoms. The Hall–Kier alpha value is -2.90. The molecule has 1 atom stereocenters. The first-order chi connectivity index (χ1) is 14.2. The highest BCUT2D eigenvalue weighted by Gasteiger charge is 2.20. The normalized spacial score (nSPS) is 17.0. The summed E-state index contributed by atoms with van der Waals surface area (Å²) < 4.78 is 15.2. The van der Waals surface area contributed by atoms with Crippen molar-refractivity contribution in [3.8, 4) is 22.7 Å². The average Bonchev–Trinajstić information content (AvgIpc) is 3.39. The molecule has 148 valence electrons. The standard InChI is InChI=1S/C21H20ClN5O2/c1-28-19-9-15-16(14-11-24-27(12-14)21-6-2-3-8-29-21)13-26(18(15)10-17(19)22)20-5-4-7-23-25-20/h4-5,7,9-13,21H,2-3,6,8H2,1H3. The van der Waals surface area contributed by atoms with E-state index >= 15 is 0 Å². The molecule has 4 aromatic rings. The summed E-state index contributed by atoms with van der Waals surface area (Å²) in [5.74, 6) is 1.34. The van der Waals surface area contributed by atoms with Crippen LogP contribution in [0.2, 0.25) is 5.02 Å². The van der Waals surface area contributed by atoms with E-state index in [1.165, 1.54) is 0 Å². The molecule has 3 aromatic heterocycles. The van der Waals surface area contributed by atoms with Crippen LogP contribution in [0.4, 0.5) is 0 Å². The average molecular weight is 410 g/mol. The summed E-state index contributed by atoms with van der Waals surface area (Å²) in [6, 6.07) is 7.61. The molecular formula is C21H20ClN5O2. The zero-order valence-corrected chi connectivity index (χ0v) is 16.7. The number of nitrogens with zero attached hydrogens (tertiary/aromatic N) is 5. The molecule has 4 heterocycles. The van der Waals surface area contributed by atoms with E-state index in [1.54, 1.807) is 13.3 Å². The van der Waals surface area contributed by atoms with Gasteiger partial charge in [-0.2, -0.15) is 10.2 Å². The summed E-state index contributed by atoms with van der Waals surface area (Å²) in [5.41, 5.74) is 2.94. The molecule has 0 bridgehead atoms. The highest BCUT2D eigenvalue weighted by atomic mass is 35.5. The van der Waals surface area contributed by atoms with Gasteiger partial charge in [-0.15, -0.1) is 5.10 Å². The van der Waals surface area contributed by atoms with Crippen LogP contribution in [0.1, 0.15) is 25.5 Å². The molecule has 0 saturated carbocycles. The first-order valence-corrected chi connectivity index (χ1v) is 9.95. The minimum Gasteiger partial charge on any atom is -0.495 e. The molecule has 1 aliphatic rings. The molecule has 1 aromatic carbocycles. The Morgan fingerprint density at radius 2 is 2.17 bits per heavy atom. The Morgan fingerprint density at radius 3 is 2.93 bits per heavy atom. The number of rotatable bonds is 4. The first kappa shape index (κ1) is 18.1. The lowest BCUT2D eigenvalue weighted by Gasteiger charge is -2.22. The number of fused-ring (bicyclic) bond motifs is 1. The van der Waals surface area contributed by atoms with Crippen molar-refractivity contribution < 1.29 is 9.47 Å². The van der Waals surface area contributed by atoms with Gasteiger partial charge in [0, 0.05) is 41.7 Å². The molecule has 8 heteroatoms. The molecule has 0 radical (unpaired) electrons. The second-order valence-corrected chi connectivity index (χ2v) is 7.44. The van der Waals surface area contributed by atoms with Gasteiger partial charge in [0.15, 0.2) is 5.82 Å². The van der Waals surface area contributed by atoms with Crippen LogP contribution in [0.3, 0.4) is 0 Å².